The molecule has 1 unspecified atom stereocenters. The van der Waals surface area contributed by atoms with Crippen LogP contribution in [0.15, 0.2) is 12.7 Å². The standard InChI is InChI=1S/C12H21NO/c1-4-11(10(2)3)13-9-7-5-6-8-12(13)14/h4,10-11H,1,5-9H2,2-3H3. The molecule has 1 fully saturated rings. The van der Waals surface area contributed by atoms with E-state index in [1.54, 1.807) is 0 Å². The lowest BCUT2D eigenvalue weighted by atomic mass is 10.0. The van der Waals surface area contributed by atoms with Gasteiger partial charge < -0.3 is 4.90 Å². The first-order chi connectivity index (χ1) is 6.66. The van der Waals surface area contributed by atoms with Crippen molar-refractivity contribution in [2.45, 2.75) is 45.6 Å². The van der Waals surface area contributed by atoms with Gasteiger partial charge in [-0.25, -0.2) is 0 Å². The van der Waals surface area contributed by atoms with Gasteiger partial charge in [0.15, 0.2) is 0 Å². The average molecular weight is 195 g/mol. The predicted molar refractivity (Wildman–Crippen MR) is 59.0 cm³/mol. The Morgan fingerprint density at radius 2 is 2.07 bits per heavy atom. The molecule has 0 bridgehead atoms. The van der Waals surface area contributed by atoms with Crippen molar-refractivity contribution in [3.05, 3.63) is 12.7 Å². The van der Waals surface area contributed by atoms with Gasteiger partial charge in [-0.1, -0.05) is 26.3 Å². The van der Waals surface area contributed by atoms with E-state index in [1.165, 1.54) is 6.42 Å². The molecule has 80 valence electrons. The van der Waals surface area contributed by atoms with Crippen LogP contribution >= 0.6 is 0 Å². The summed E-state index contributed by atoms with van der Waals surface area (Å²) in [7, 11) is 0. The zero-order chi connectivity index (χ0) is 10.6. The molecule has 1 amide bonds. The summed E-state index contributed by atoms with van der Waals surface area (Å²) in [5, 5.41) is 0. The molecule has 0 aromatic heterocycles. The van der Waals surface area contributed by atoms with E-state index in [-0.39, 0.29) is 6.04 Å². The summed E-state index contributed by atoms with van der Waals surface area (Å²) in [4.78, 5) is 13.8. The highest BCUT2D eigenvalue weighted by atomic mass is 16.2. The van der Waals surface area contributed by atoms with Crippen LogP contribution in [0.4, 0.5) is 0 Å². The second-order valence-electron chi connectivity index (χ2n) is 4.37. The van der Waals surface area contributed by atoms with Gasteiger partial charge in [0.1, 0.15) is 0 Å². The summed E-state index contributed by atoms with van der Waals surface area (Å²) >= 11 is 0. The van der Waals surface area contributed by atoms with E-state index >= 15 is 0 Å². The Hall–Kier alpha value is -0.790. The SMILES string of the molecule is C=CC(C(C)C)N1CCCCCC1=O. The minimum absolute atomic E-state index is 0.223. The van der Waals surface area contributed by atoms with Crippen LogP contribution in [-0.2, 0) is 4.79 Å². The van der Waals surface area contributed by atoms with E-state index in [1.807, 2.05) is 11.0 Å². The summed E-state index contributed by atoms with van der Waals surface area (Å²) in [6, 6.07) is 0.223. The van der Waals surface area contributed by atoms with E-state index < -0.39 is 0 Å². The Balaban J connectivity index is 2.70. The zero-order valence-corrected chi connectivity index (χ0v) is 9.33. The number of carbonyl (C=O) groups excluding carboxylic acids is 1. The van der Waals surface area contributed by atoms with Gasteiger partial charge in [-0.15, -0.1) is 6.58 Å². The lowest BCUT2D eigenvalue weighted by molar-refractivity contribution is -0.132. The van der Waals surface area contributed by atoms with Crippen molar-refractivity contribution >= 4 is 5.91 Å². The fourth-order valence-electron chi connectivity index (χ4n) is 2.08. The maximum absolute atomic E-state index is 11.8. The molecule has 2 nitrogen and oxygen atoms in total. The Labute approximate surface area is 87.0 Å². The van der Waals surface area contributed by atoms with Gasteiger partial charge in [-0.2, -0.15) is 0 Å². The normalized spacial score (nSPS) is 20.8. The van der Waals surface area contributed by atoms with Gasteiger partial charge >= 0.3 is 0 Å². The van der Waals surface area contributed by atoms with Crippen molar-refractivity contribution in [1.29, 1.82) is 0 Å². The Bertz CT molecular complexity index is 210. The van der Waals surface area contributed by atoms with Gasteiger partial charge in [-0.3, -0.25) is 4.79 Å². The minimum atomic E-state index is 0.223. The van der Waals surface area contributed by atoms with Crippen molar-refractivity contribution < 1.29 is 4.79 Å². The Morgan fingerprint density at radius 3 is 2.64 bits per heavy atom. The molecule has 0 N–H and O–H groups in total. The third-order valence-corrected chi connectivity index (χ3v) is 2.89. The molecule has 2 heteroatoms. The highest BCUT2D eigenvalue weighted by Gasteiger charge is 2.24. The highest BCUT2D eigenvalue weighted by Crippen LogP contribution is 2.18. The Morgan fingerprint density at radius 1 is 1.36 bits per heavy atom. The molecular formula is C12H21NO. The fraction of sp³-hybridized carbons (Fsp3) is 0.750. The smallest absolute Gasteiger partial charge is 0.223 e. The number of hydrogen-bond acceptors (Lipinski definition) is 1. The van der Waals surface area contributed by atoms with Gasteiger partial charge in [0, 0.05) is 13.0 Å². The third-order valence-electron chi connectivity index (χ3n) is 2.89. The van der Waals surface area contributed by atoms with Crippen LogP contribution in [0.5, 0.6) is 0 Å². The first kappa shape index (κ1) is 11.3. The quantitative estimate of drug-likeness (QED) is 0.634. The summed E-state index contributed by atoms with van der Waals surface area (Å²) in [6.07, 6.45) is 6.01. The molecule has 0 radical (unpaired) electrons. The minimum Gasteiger partial charge on any atom is -0.336 e. The molecular weight excluding hydrogens is 174 g/mol. The highest BCUT2D eigenvalue weighted by molar-refractivity contribution is 5.77. The van der Waals surface area contributed by atoms with Crippen molar-refractivity contribution in [2.24, 2.45) is 5.92 Å². The number of hydrogen-bond donors (Lipinski definition) is 0. The molecule has 1 aliphatic heterocycles. The van der Waals surface area contributed by atoms with Crippen LogP contribution in [0.3, 0.4) is 0 Å². The first-order valence-corrected chi connectivity index (χ1v) is 5.59. The van der Waals surface area contributed by atoms with E-state index in [0.717, 1.165) is 25.8 Å². The molecule has 0 aliphatic carbocycles. The average Bonchev–Trinajstić information content (AvgIpc) is 2.33. The molecule has 0 aromatic carbocycles. The number of amides is 1. The first-order valence-electron chi connectivity index (χ1n) is 5.59. The van der Waals surface area contributed by atoms with Crippen LogP contribution in [0, 0.1) is 5.92 Å². The van der Waals surface area contributed by atoms with Gasteiger partial charge in [0.05, 0.1) is 6.04 Å². The van der Waals surface area contributed by atoms with E-state index in [0.29, 0.717) is 11.8 Å². The van der Waals surface area contributed by atoms with Gasteiger partial charge in [-0.05, 0) is 18.8 Å². The second kappa shape index (κ2) is 5.18. The molecule has 0 saturated carbocycles. The lowest BCUT2D eigenvalue weighted by Gasteiger charge is -2.31. The van der Waals surface area contributed by atoms with Crippen molar-refractivity contribution in [3.63, 3.8) is 0 Å². The number of rotatable bonds is 3. The molecule has 0 aromatic rings. The van der Waals surface area contributed by atoms with Crippen LogP contribution < -0.4 is 0 Å². The van der Waals surface area contributed by atoms with Crippen molar-refractivity contribution in [1.82, 2.24) is 4.90 Å². The Kier molecular flexibility index (Phi) is 4.18. The van der Waals surface area contributed by atoms with Crippen LogP contribution in [0.1, 0.15) is 39.5 Å². The molecule has 1 saturated heterocycles. The topological polar surface area (TPSA) is 20.3 Å². The molecule has 14 heavy (non-hydrogen) atoms. The van der Waals surface area contributed by atoms with Crippen molar-refractivity contribution in [3.8, 4) is 0 Å². The summed E-state index contributed by atoms with van der Waals surface area (Å²) in [6.45, 7) is 9.03. The van der Waals surface area contributed by atoms with E-state index in [2.05, 4.69) is 20.4 Å². The molecule has 1 rings (SSSR count). The number of carbonyl (C=O) groups is 1. The van der Waals surface area contributed by atoms with Crippen LogP contribution in [-0.4, -0.2) is 23.4 Å². The van der Waals surface area contributed by atoms with Crippen LogP contribution in [0.2, 0.25) is 0 Å². The summed E-state index contributed by atoms with van der Waals surface area (Å²) in [5.41, 5.74) is 0. The molecule has 1 atom stereocenters. The van der Waals surface area contributed by atoms with E-state index in [9.17, 15) is 4.79 Å². The second-order valence-corrected chi connectivity index (χ2v) is 4.37. The van der Waals surface area contributed by atoms with Gasteiger partial charge in [0.2, 0.25) is 5.91 Å². The maximum Gasteiger partial charge on any atom is 0.223 e. The largest absolute Gasteiger partial charge is 0.336 e. The molecule has 1 aliphatic rings. The monoisotopic (exact) mass is 195 g/mol. The predicted octanol–water partition coefficient (Wildman–Crippen LogP) is 2.60. The van der Waals surface area contributed by atoms with E-state index in [4.69, 9.17) is 0 Å². The summed E-state index contributed by atoms with van der Waals surface area (Å²) < 4.78 is 0. The molecule has 0 spiro atoms. The maximum atomic E-state index is 11.8. The zero-order valence-electron chi connectivity index (χ0n) is 9.33. The lowest BCUT2D eigenvalue weighted by Crippen LogP contribution is -2.41. The number of likely N-dealkylation sites (tertiary alicyclic amines) is 1. The third kappa shape index (κ3) is 2.60. The fourth-order valence-corrected chi connectivity index (χ4v) is 2.08. The van der Waals surface area contributed by atoms with Crippen molar-refractivity contribution in [2.75, 3.05) is 6.54 Å². The summed E-state index contributed by atoms with van der Waals surface area (Å²) in [5.74, 6) is 0.774. The van der Waals surface area contributed by atoms with Gasteiger partial charge in [0.25, 0.3) is 0 Å². The number of nitrogens with zero attached hydrogens (tertiary/aromatic N) is 1. The molecule has 1 heterocycles. The van der Waals surface area contributed by atoms with Crippen LogP contribution in [0.25, 0.3) is 0 Å².